The number of benzene rings is 2. The van der Waals surface area contributed by atoms with E-state index in [4.69, 9.17) is 11.6 Å². The minimum Gasteiger partial charge on any atom is -0.326 e. The Hall–Kier alpha value is -2.79. The van der Waals surface area contributed by atoms with Gasteiger partial charge in [-0.25, -0.2) is 0 Å². The molecule has 24 heavy (non-hydrogen) atoms. The molecule has 5 nitrogen and oxygen atoms in total. The number of halogens is 1. The van der Waals surface area contributed by atoms with Crippen LogP contribution in [0.2, 0.25) is 5.02 Å². The molecule has 0 aromatic heterocycles. The molecule has 6 heteroatoms. The first-order valence-electron chi connectivity index (χ1n) is 7.40. The van der Waals surface area contributed by atoms with Crippen molar-refractivity contribution in [2.75, 3.05) is 5.32 Å². The fourth-order valence-electron chi connectivity index (χ4n) is 1.88. The van der Waals surface area contributed by atoms with E-state index >= 15 is 0 Å². The summed E-state index contributed by atoms with van der Waals surface area (Å²) in [4.78, 5) is 23.4. The van der Waals surface area contributed by atoms with Gasteiger partial charge in [-0.15, -0.1) is 0 Å². The van der Waals surface area contributed by atoms with Crippen molar-refractivity contribution in [3.05, 3.63) is 71.3 Å². The van der Waals surface area contributed by atoms with Gasteiger partial charge < -0.3 is 5.32 Å². The van der Waals surface area contributed by atoms with E-state index in [-0.39, 0.29) is 11.8 Å². The molecule has 0 radical (unpaired) electrons. The Labute approximate surface area is 145 Å². The molecule has 3 N–H and O–H groups in total. The summed E-state index contributed by atoms with van der Waals surface area (Å²) in [5.74, 6) is -0.383. The monoisotopic (exact) mass is 343 g/mol. The van der Waals surface area contributed by atoms with Crippen molar-refractivity contribution >= 4 is 34.8 Å². The number of amides is 2. The van der Waals surface area contributed by atoms with Gasteiger partial charge in [-0.1, -0.05) is 37.2 Å². The predicted octanol–water partition coefficient (Wildman–Crippen LogP) is 3.59. The van der Waals surface area contributed by atoms with Crippen molar-refractivity contribution in [2.45, 2.75) is 13.3 Å². The number of anilines is 1. The normalized spacial score (nSPS) is 9.92. The summed E-state index contributed by atoms with van der Waals surface area (Å²) in [7, 11) is 0. The van der Waals surface area contributed by atoms with Gasteiger partial charge in [0.05, 0.1) is 5.70 Å². The fourth-order valence-corrected chi connectivity index (χ4v) is 2.01. The zero-order valence-electron chi connectivity index (χ0n) is 13.2. The fraction of sp³-hybridized carbons (Fsp3) is 0.111. The van der Waals surface area contributed by atoms with Crippen LogP contribution in [0.3, 0.4) is 0 Å². The summed E-state index contributed by atoms with van der Waals surface area (Å²) in [6.07, 6.45) is 0.402. The lowest BCUT2D eigenvalue weighted by atomic mass is 10.2. The van der Waals surface area contributed by atoms with Crippen LogP contribution in [0.25, 0.3) is 5.70 Å². The minimum absolute atomic E-state index is 0.0758. The number of hydrogen-bond acceptors (Lipinski definition) is 3. The highest BCUT2D eigenvalue weighted by molar-refractivity contribution is 6.30. The molecule has 0 aliphatic heterocycles. The molecule has 0 heterocycles. The third-order valence-electron chi connectivity index (χ3n) is 3.27. The lowest BCUT2D eigenvalue weighted by Gasteiger charge is -2.12. The number of carbonyl (C=O) groups excluding carboxylic acids is 2. The lowest BCUT2D eigenvalue weighted by molar-refractivity contribution is -0.115. The molecule has 2 rings (SSSR count). The molecule has 2 aromatic rings. The van der Waals surface area contributed by atoms with Crippen molar-refractivity contribution in [1.29, 1.82) is 0 Å². The first-order chi connectivity index (χ1) is 11.5. The van der Waals surface area contributed by atoms with E-state index in [1.54, 1.807) is 55.5 Å². The van der Waals surface area contributed by atoms with Gasteiger partial charge in [0.1, 0.15) is 0 Å². The van der Waals surface area contributed by atoms with E-state index < -0.39 is 0 Å². The van der Waals surface area contributed by atoms with Gasteiger partial charge in [0.15, 0.2) is 0 Å². The maximum Gasteiger partial charge on any atom is 0.269 e. The summed E-state index contributed by atoms with van der Waals surface area (Å²) in [5.41, 5.74) is 7.81. The molecule has 0 saturated carbocycles. The Morgan fingerprint density at radius 2 is 1.54 bits per heavy atom. The molecular formula is C18H18ClN3O2. The van der Waals surface area contributed by atoms with Crippen molar-refractivity contribution in [3.63, 3.8) is 0 Å². The third-order valence-corrected chi connectivity index (χ3v) is 3.52. The van der Waals surface area contributed by atoms with Gasteiger partial charge in [0.25, 0.3) is 5.91 Å². The molecule has 2 aromatic carbocycles. The van der Waals surface area contributed by atoms with E-state index in [0.717, 1.165) is 5.56 Å². The topological polar surface area (TPSA) is 70.2 Å². The molecule has 0 fully saturated rings. The quantitative estimate of drug-likeness (QED) is 0.702. The molecule has 0 bridgehead atoms. The molecule has 2 amide bonds. The first kappa shape index (κ1) is 17.6. The largest absolute Gasteiger partial charge is 0.326 e. The standard InChI is InChI=1S/C18H18ClN3O2/c1-3-17(23)20-16-10-6-14(7-11-16)18(24)22-21-12(2)13-4-8-15(19)9-5-13/h4-11,21H,2-3H2,1H3,(H,20,23)(H,22,24). The second kappa shape index (κ2) is 8.17. The van der Waals surface area contributed by atoms with E-state index in [2.05, 4.69) is 22.7 Å². The summed E-state index contributed by atoms with van der Waals surface area (Å²) in [5, 5.41) is 3.35. The van der Waals surface area contributed by atoms with E-state index in [1.165, 1.54) is 0 Å². The Bertz CT molecular complexity index is 740. The molecule has 0 unspecified atom stereocenters. The van der Waals surface area contributed by atoms with Crippen molar-refractivity contribution < 1.29 is 9.59 Å². The Kier molecular flexibility index (Phi) is 5.98. The van der Waals surface area contributed by atoms with Crippen LogP contribution in [0.5, 0.6) is 0 Å². The molecule has 0 saturated heterocycles. The lowest BCUT2D eigenvalue weighted by Crippen LogP contribution is -2.35. The van der Waals surface area contributed by atoms with Crippen LogP contribution in [0.1, 0.15) is 29.3 Å². The smallest absolute Gasteiger partial charge is 0.269 e. The maximum absolute atomic E-state index is 12.1. The predicted molar refractivity (Wildman–Crippen MR) is 96.5 cm³/mol. The second-order valence-corrected chi connectivity index (χ2v) is 5.48. The molecule has 0 aliphatic rings. The summed E-state index contributed by atoms with van der Waals surface area (Å²) < 4.78 is 0. The van der Waals surface area contributed by atoms with Crippen molar-refractivity contribution in [1.82, 2.24) is 10.9 Å². The number of hydrazine groups is 1. The highest BCUT2D eigenvalue weighted by atomic mass is 35.5. The average Bonchev–Trinajstić information content (AvgIpc) is 2.60. The van der Waals surface area contributed by atoms with Gasteiger partial charge >= 0.3 is 0 Å². The van der Waals surface area contributed by atoms with Crippen LogP contribution in [0, 0.1) is 0 Å². The van der Waals surface area contributed by atoms with Gasteiger partial charge in [-0.2, -0.15) is 0 Å². The summed E-state index contributed by atoms with van der Waals surface area (Å²) in [6.45, 7) is 5.63. The van der Waals surface area contributed by atoms with Crippen LogP contribution in [-0.2, 0) is 4.79 Å². The molecule has 0 spiro atoms. The second-order valence-electron chi connectivity index (χ2n) is 5.04. The van der Waals surface area contributed by atoms with Gasteiger partial charge in [0.2, 0.25) is 5.91 Å². The van der Waals surface area contributed by atoms with Crippen molar-refractivity contribution in [2.24, 2.45) is 0 Å². The molecule has 0 atom stereocenters. The Balaban J connectivity index is 1.91. The van der Waals surface area contributed by atoms with Gasteiger partial charge in [-0.05, 0) is 42.0 Å². The van der Waals surface area contributed by atoms with Gasteiger partial charge in [0, 0.05) is 22.7 Å². The SMILES string of the molecule is C=C(NNC(=O)c1ccc(NC(=O)CC)cc1)c1ccc(Cl)cc1. The minimum atomic E-state index is -0.307. The molecule has 0 aliphatic carbocycles. The van der Waals surface area contributed by atoms with E-state index in [9.17, 15) is 9.59 Å². The van der Waals surface area contributed by atoms with Gasteiger partial charge in [-0.3, -0.25) is 20.4 Å². The third kappa shape index (κ3) is 4.86. The summed E-state index contributed by atoms with van der Waals surface area (Å²) >= 11 is 5.83. The summed E-state index contributed by atoms with van der Waals surface area (Å²) in [6, 6.07) is 13.7. The van der Waals surface area contributed by atoms with Crippen molar-refractivity contribution in [3.8, 4) is 0 Å². The van der Waals surface area contributed by atoms with Crippen LogP contribution >= 0.6 is 11.6 Å². The van der Waals surface area contributed by atoms with Crippen LogP contribution in [0.4, 0.5) is 5.69 Å². The zero-order valence-corrected chi connectivity index (χ0v) is 14.0. The Morgan fingerprint density at radius 3 is 2.12 bits per heavy atom. The van der Waals surface area contributed by atoms with E-state index in [1.807, 2.05) is 0 Å². The average molecular weight is 344 g/mol. The number of nitrogens with one attached hydrogen (secondary N) is 3. The number of carbonyl (C=O) groups is 2. The van der Waals surface area contributed by atoms with Crippen LogP contribution in [-0.4, -0.2) is 11.8 Å². The number of rotatable bonds is 6. The maximum atomic E-state index is 12.1. The van der Waals surface area contributed by atoms with E-state index in [0.29, 0.717) is 28.4 Å². The zero-order chi connectivity index (χ0) is 17.5. The van der Waals surface area contributed by atoms with Crippen LogP contribution < -0.4 is 16.2 Å². The molecule has 124 valence electrons. The Morgan fingerprint density at radius 1 is 0.958 bits per heavy atom. The van der Waals surface area contributed by atoms with Crippen LogP contribution in [0.15, 0.2) is 55.1 Å². The first-order valence-corrected chi connectivity index (χ1v) is 7.78. The molecular weight excluding hydrogens is 326 g/mol. The highest BCUT2D eigenvalue weighted by Gasteiger charge is 2.07. The highest BCUT2D eigenvalue weighted by Crippen LogP contribution is 2.14. The number of hydrogen-bond donors (Lipinski definition) is 3.